The number of anilines is 1. The molecule has 4 nitrogen and oxygen atoms in total. The summed E-state index contributed by atoms with van der Waals surface area (Å²) in [6.45, 7) is 3.96. The Hall–Kier alpha value is -3.32. The van der Waals surface area contributed by atoms with Crippen molar-refractivity contribution in [2.24, 2.45) is 5.92 Å². The van der Waals surface area contributed by atoms with Gasteiger partial charge >= 0.3 is 0 Å². The zero-order valence-corrected chi connectivity index (χ0v) is 15.5. The van der Waals surface area contributed by atoms with Gasteiger partial charge in [-0.2, -0.15) is 5.26 Å². The molecular formula is C23H22N2O2. The van der Waals surface area contributed by atoms with Crippen LogP contribution in [0.4, 0.5) is 5.88 Å². The molecule has 0 unspecified atom stereocenters. The Labute approximate surface area is 159 Å². The molecule has 0 aliphatic rings. The van der Waals surface area contributed by atoms with E-state index < -0.39 is 0 Å². The monoisotopic (exact) mass is 358 g/mol. The van der Waals surface area contributed by atoms with Gasteiger partial charge in [-0.05, 0) is 18.4 Å². The summed E-state index contributed by atoms with van der Waals surface area (Å²) in [5, 5.41) is 12.7. The summed E-state index contributed by atoms with van der Waals surface area (Å²) < 4.78 is 6.03. The van der Waals surface area contributed by atoms with E-state index >= 15 is 0 Å². The topological polar surface area (TPSA) is 66.0 Å². The first kappa shape index (κ1) is 18.5. The van der Waals surface area contributed by atoms with Crippen molar-refractivity contribution < 1.29 is 9.21 Å². The van der Waals surface area contributed by atoms with Gasteiger partial charge in [0.2, 0.25) is 11.8 Å². The van der Waals surface area contributed by atoms with Crippen molar-refractivity contribution in [2.45, 2.75) is 26.7 Å². The van der Waals surface area contributed by atoms with Gasteiger partial charge in [-0.25, -0.2) is 0 Å². The molecule has 0 bridgehead atoms. The molecule has 1 aromatic heterocycles. The average Bonchev–Trinajstić information content (AvgIpc) is 3.08. The second kappa shape index (κ2) is 8.37. The van der Waals surface area contributed by atoms with Gasteiger partial charge in [-0.3, -0.25) is 10.1 Å². The zero-order valence-electron chi connectivity index (χ0n) is 15.5. The minimum Gasteiger partial charge on any atom is -0.438 e. The largest absolute Gasteiger partial charge is 0.438 e. The van der Waals surface area contributed by atoms with Gasteiger partial charge < -0.3 is 4.42 Å². The number of hydrogen-bond acceptors (Lipinski definition) is 3. The van der Waals surface area contributed by atoms with Gasteiger partial charge in [-0.15, -0.1) is 0 Å². The Balaban J connectivity index is 2.15. The zero-order chi connectivity index (χ0) is 19.2. The molecule has 0 atom stereocenters. The number of carbonyl (C=O) groups excluding carboxylic acids is 1. The maximum atomic E-state index is 12.6. The van der Waals surface area contributed by atoms with Gasteiger partial charge in [-0.1, -0.05) is 74.5 Å². The van der Waals surface area contributed by atoms with Crippen molar-refractivity contribution in [3.8, 4) is 28.5 Å². The third kappa shape index (κ3) is 3.78. The summed E-state index contributed by atoms with van der Waals surface area (Å²) in [6, 6.07) is 21.5. The van der Waals surface area contributed by atoms with Crippen molar-refractivity contribution in [3.05, 3.63) is 66.2 Å². The van der Waals surface area contributed by atoms with Gasteiger partial charge in [0, 0.05) is 17.0 Å². The first-order valence-electron chi connectivity index (χ1n) is 9.18. The molecule has 136 valence electrons. The minimum absolute atomic E-state index is 0.109. The number of hydrogen-bond donors (Lipinski definition) is 1. The van der Waals surface area contributed by atoms with E-state index in [-0.39, 0.29) is 17.7 Å². The lowest BCUT2D eigenvalue weighted by Gasteiger charge is -2.11. The maximum absolute atomic E-state index is 12.6. The Morgan fingerprint density at radius 1 is 1.00 bits per heavy atom. The smallest absolute Gasteiger partial charge is 0.229 e. The van der Waals surface area contributed by atoms with Crippen LogP contribution in [0.2, 0.25) is 0 Å². The Morgan fingerprint density at radius 3 is 2.07 bits per heavy atom. The highest BCUT2D eigenvalue weighted by atomic mass is 16.4. The fourth-order valence-electron chi connectivity index (χ4n) is 3.17. The fourth-order valence-corrected chi connectivity index (χ4v) is 3.17. The van der Waals surface area contributed by atoms with E-state index in [9.17, 15) is 10.1 Å². The highest BCUT2D eigenvalue weighted by Crippen LogP contribution is 2.41. The first-order chi connectivity index (χ1) is 13.2. The van der Waals surface area contributed by atoms with Crippen LogP contribution >= 0.6 is 0 Å². The molecule has 0 radical (unpaired) electrons. The van der Waals surface area contributed by atoms with Crippen molar-refractivity contribution in [1.29, 1.82) is 5.26 Å². The summed E-state index contributed by atoms with van der Waals surface area (Å²) in [5.41, 5.74) is 2.78. The standard InChI is InChI=1S/C23H22N2O2/c1-3-16(4-2)22(26)25-23-19(15-24)20(17-11-7-5-8-12-17)21(27-23)18-13-9-6-10-14-18/h5-14,16H,3-4H2,1-2H3,(H,25,26). The predicted molar refractivity (Wildman–Crippen MR) is 107 cm³/mol. The van der Waals surface area contributed by atoms with Crippen LogP contribution in [0.5, 0.6) is 0 Å². The second-order valence-corrected chi connectivity index (χ2v) is 6.36. The number of furan rings is 1. The molecule has 0 saturated heterocycles. The predicted octanol–water partition coefficient (Wildman–Crippen LogP) is 5.86. The fraction of sp³-hybridized carbons (Fsp3) is 0.217. The highest BCUT2D eigenvalue weighted by molar-refractivity contribution is 5.96. The van der Waals surface area contributed by atoms with Crippen LogP contribution in [0.25, 0.3) is 22.5 Å². The molecule has 0 spiro atoms. The number of benzene rings is 2. The SMILES string of the molecule is CCC(CC)C(=O)Nc1oc(-c2ccccc2)c(-c2ccccc2)c1C#N. The molecule has 2 aromatic carbocycles. The van der Waals surface area contributed by atoms with Crippen LogP contribution in [-0.2, 0) is 4.79 Å². The van der Waals surface area contributed by atoms with Crippen LogP contribution in [-0.4, -0.2) is 5.91 Å². The van der Waals surface area contributed by atoms with E-state index in [1.165, 1.54) is 0 Å². The van der Waals surface area contributed by atoms with Crippen LogP contribution in [0, 0.1) is 17.2 Å². The van der Waals surface area contributed by atoms with Crippen LogP contribution in [0.1, 0.15) is 32.3 Å². The molecule has 1 heterocycles. The van der Waals surface area contributed by atoms with Crippen molar-refractivity contribution in [3.63, 3.8) is 0 Å². The molecule has 3 aromatic rings. The van der Waals surface area contributed by atoms with Crippen molar-refractivity contribution >= 4 is 11.8 Å². The molecule has 0 aliphatic heterocycles. The Kier molecular flexibility index (Phi) is 5.73. The first-order valence-corrected chi connectivity index (χ1v) is 9.18. The maximum Gasteiger partial charge on any atom is 0.229 e. The van der Waals surface area contributed by atoms with Gasteiger partial charge in [0.25, 0.3) is 0 Å². The number of amides is 1. The normalized spacial score (nSPS) is 10.6. The van der Waals surface area contributed by atoms with Crippen molar-refractivity contribution in [2.75, 3.05) is 5.32 Å². The minimum atomic E-state index is -0.121. The number of nitrogens with zero attached hydrogens (tertiary/aromatic N) is 1. The Morgan fingerprint density at radius 2 is 1.56 bits per heavy atom. The quantitative estimate of drug-likeness (QED) is 0.600. The lowest BCUT2D eigenvalue weighted by atomic mass is 9.98. The molecular weight excluding hydrogens is 336 g/mol. The van der Waals surface area contributed by atoms with Crippen LogP contribution in [0.15, 0.2) is 65.1 Å². The van der Waals surface area contributed by atoms with E-state index in [2.05, 4.69) is 11.4 Å². The van der Waals surface area contributed by atoms with Gasteiger partial charge in [0.15, 0.2) is 0 Å². The summed E-state index contributed by atoms with van der Waals surface area (Å²) >= 11 is 0. The summed E-state index contributed by atoms with van der Waals surface area (Å²) in [4.78, 5) is 12.6. The molecule has 1 amide bonds. The summed E-state index contributed by atoms with van der Waals surface area (Å²) in [7, 11) is 0. The van der Waals surface area contributed by atoms with E-state index in [0.717, 1.165) is 24.0 Å². The summed E-state index contributed by atoms with van der Waals surface area (Å²) in [5.74, 6) is 0.566. The van der Waals surface area contributed by atoms with E-state index in [1.54, 1.807) is 0 Å². The molecule has 0 aliphatic carbocycles. The number of nitrogens with one attached hydrogen (secondary N) is 1. The lowest BCUT2D eigenvalue weighted by molar-refractivity contribution is -0.120. The molecule has 27 heavy (non-hydrogen) atoms. The lowest BCUT2D eigenvalue weighted by Crippen LogP contribution is -2.21. The van der Waals surface area contributed by atoms with Crippen LogP contribution in [0.3, 0.4) is 0 Å². The second-order valence-electron chi connectivity index (χ2n) is 6.36. The highest BCUT2D eigenvalue weighted by Gasteiger charge is 2.25. The molecule has 1 N–H and O–H groups in total. The molecule has 3 rings (SSSR count). The number of carbonyl (C=O) groups is 1. The van der Waals surface area contributed by atoms with E-state index in [1.807, 2.05) is 74.5 Å². The van der Waals surface area contributed by atoms with Gasteiger partial charge in [0.1, 0.15) is 17.4 Å². The molecule has 0 saturated carbocycles. The Bertz CT molecular complexity index is 949. The van der Waals surface area contributed by atoms with E-state index in [0.29, 0.717) is 16.9 Å². The third-order valence-electron chi connectivity index (χ3n) is 4.71. The van der Waals surface area contributed by atoms with Gasteiger partial charge in [0.05, 0.1) is 0 Å². The van der Waals surface area contributed by atoms with Crippen LogP contribution < -0.4 is 5.32 Å². The average molecular weight is 358 g/mol. The molecule has 0 fully saturated rings. The summed E-state index contributed by atoms with van der Waals surface area (Å²) in [6.07, 6.45) is 1.48. The van der Waals surface area contributed by atoms with E-state index in [4.69, 9.17) is 4.42 Å². The van der Waals surface area contributed by atoms with Crippen molar-refractivity contribution in [1.82, 2.24) is 0 Å². The number of nitriles is 1. The third-order valence-corrected chi connectivity index (χ3v) is 4.71. The number of rotatable bonds is 6. The molecule has 4 heteroatoms.